The molecule has 1 aliphatic heterocycles. The molecule has 2 unspecified atom stereocenters. The number of rotatable bonds is 3. The maximum atomic E-state index is 10.6. The molecule has 0 bridgehead atoms. The van der Waals surface area contributed by atoms with E-state index in [9.17, 15) is 5.11 Å². The van der Waals surface area contributed by atoms with Gasteiger partial charge in [0.25, 0.3) is 0 Å². The second kappa shape index (κ2) is 6.02. The molecule has 0 saturated carbocycles. The third kappa shape index (κ3) is 3.01. The van der Waals surface area contributed by atoms with Crippen LogP contribution in [0.5, 0.6) is 0 Å². The summed E-state index contributed by atoms with van der Waals surface area (Å²) < 4.78 is 1.19. The van der Waals surface area contributed by atoms with Gasteiger partial charge < -0.3 is 10.0 Å². The molecule has 0 aliphatic carbocycles. The zero-order valence-corrected chi connectivity index (χ0v) is 13.3. The number of aliphatic hydroxyl groups is 1. The Morgan fingerprint density at radius 2 is 2.35 bits per heavy atom. The number of β-amino-alcohol motifs (C(OH)–C–C–N with tert-alkyl or cyclic N) is 1. The summed E-state index contributed by atoms with van der Waals surface area (Å²) in [6, 6.07) is 5.90. The van der Waals surface area contributed by atoms with Gasteiger partial charge in [0.05, 0.1) is 6.10 Å². The molecule has 1 N–H and O–H groups in total. The van der Waals surface area contributed by atoms with Crippen molar-refractivity contribution in [3.63, 3.8) is 0 Å². The second-order valence-corrected chi connectivity index (χ2v) is 7.20. The summed E-state index contributed by atoms with van der Waals surface area (Å²) in [4.78, 5) is 2.38. The average Bonchev–Trinajstić information content (AvgIpc) is 2.81. The topological polar surface area (TPSA) is 23.5 Å². The number of halogens is 1. The highest BCUT2D eigenvalue weighted by Gasteiger charge is 2.21. The van der Waals surface area contributed by atoms with Crippen LogP contribution >= 0.6 is 22.9 Å². The van der Waals surface area contributed by atoms with Crippen LogP contribution in [-0.4, -0.2) is 29.6 Å². The Labute approximate surface area is 129 Å². The number of thiophene rings is 1. The van der Waals surface area contributed by atoms with Gasteiger partial charge in [-0.3, -0.25) is 0 Å². The van der Waals surface area contributed by atoms with Crippen LogP contribution in [0.15, 0.2) is 23.6 Å². The van der Waals surface area contributed by atoms with E-state index in [1.807, 2.05) is 18.2 Å². The summed E-state index contributed by atoms with van der Waals surface area (Å²) >= 11 is 7.75. The SMILES string of the molecule is CC1CCCN(CC(O)c2csc3ccc(Cl)cc23)C1. The van der Waals surface area contributed by atoms with Crippen LogP contribution in [0.2, 0.25) is 5.02 Å². The van der Waals surface area contributed by atoms with E-state index < -0.39 is 6.10 Å². The number of nitrogens with zero attached hydrogens (tertiary/aromatic N) is 1. The van der Waals surface area contributed by atoms with E-state index in [4.69, 9.17) is 11.6 Å². The van der Waals surface area contributed by atoms with Gasteiger partial charge >= 0.3 is 0 Å². The predicted molar refractivity (Wildman–Crippen MR) is 86.6 cm³/mol. The van der Waals surface area contributed by atoms with Gasteiger partial charge in [0.1, 0.15) is 0 Å². The molecule has 0 spiro atoms. The van der Waals surface area contributed by atoms with Gasteiger partial charge in [0, 0.05) is 28.4 Å². The first kappa shape index (κ1) is 14.3. The summed E-state index contributed by atoms with van der Waals surface area (Å²) in [7, 11) is 0. The Morgan fingerprint density at radius 1 is 1.50 bits per heavy atom. The van der Waals surface area contributed by atoms with Crippen molar-refractivity contribution in [2.24, 2.45) is 5.92 Å². The van der Waals surface area contributed by atoms with Crippen LogP contribution in [0.1, 0.15) is 31.4 Å². The molecule has 2 nitrogen and oxygen atoms in total. The summed E-state index contributed by atoms with van der Waals surface area (Å²) in [6.07, 6.45) is 2.13. The molecule has 1 aromatic carbocycles. The van der Waals surface area contributed by atoms with Crippen LogP contribution in [0, 0.1) is 5.92 Å². The summed E-state index contributed by atoms with van der Waals surface area (Å²) in [6.45, 7) is 5.21. The summed E-state index contributed by atoms with van der Waals surface area (Å²) in [5.74, 6) is 0.740. The fourth-order valence-electron chi connectivity index (χ4n) is 3.07. The smallest absolute Gasteiger partial charge is 0.0930 e. The van der Waals surface area contributed by atoms with E-state index >= 15 is 0 Å². The summed E-state index contributed by atoms with van der Waals surface area (Å²) in [5, 5.41) is 14.5. The molecule has 1 aromatic heterocycles. The minimum atomic E-state index is -0.424. The van der Waals surface area contributed by atoms with Crippen molar-refractivity contribution in [1.29, 1.82) is 0 Å². The van der Waals surface area contributed by atoms with Crippen LogP contribution < -0.4 is 0 Å². The lowest BCUT2D eigenvalue weighted by Gasteiger charge is -2.32. The van der Waals surface area contributed by atoms with Crippen molar-refractivity contribution in [3.8, 4) is 0 Å². The standard InChI is InChI=1S/C16H20ClNOS/c1-11-3-2-6-18(8-11)9-15(19)14-10-20-16-5-4-12(17)7-13(14)16/h4-5,7,10-11,15,19H,2-3,6,8-9H2,1H3. The number of piperidine rings is 1. The molecular formula is C16H20ClNOS. The van der Waals surface area contributed by atoms with Crippen molar-refractivity contribution in [2.45, 2.75) is 25.9 Å². The van der Waals surface area contributed by atoms with Gasteiger partial charge in [-0.15, -0.1) is 11.3 Å². The number of hydrogen-bond acceptors (Lipinski definition) is 3. The highest BCUT2D eigenvalue weighted by atomic mass is 35.5. The molecule has 4 heteroatoms. The Morgan fingerprint density at radius 3 is 3.15 bits per heavy atom. The van der Waals surface area contributed by atoms with Crippen molar-refractivity contribution >= 4 is 33.0 Å². The molecule has 2 aromatic rings. The zero-order valence-electron chi connectivity index (χ0n) is 11.7. The minimum absolute atomic E-state index is 0.424. The average molecular weight is 310 g/mol. The van der Waals surface area contributed by atoms with Gasteiger partial charge in [-0.2, -0.15) is 0 Å². The molecule has 108 valence electrons. The fourth-order valence-corrected chi connectivity index (χ4v) is 4.23. The highest BCUT2D eigenvalue weighted by molar-refractivity contribution is 7.17. The molecule has 0 amide bonds. The van der Waals surface area contributed by atoms with E-state index in [0.717, 1.165) is 41.5 Å². The normalized spacial score (nSPS) is 22.2. The first-order valence-corrected chi connectivity index (χ1v) is 8.46. The van der Waals surface area contributed by atoms with E-state index in [2.05, 4.69) is 17.2 Å². The minimum Gasteiger partial charge on any atom is -0.387 e. The van der Waals surface area contributed by atoms with Gasteiger partial charge in [-0.05, 0) is 54.3 Å². The van der Waals surface area contributed by atoms with E-state index in [1.165, 1.54) is 17.5 Å². The van der Waals surface area contributed by atoms with Crippen molar-refractivity contribution < 1.29 is 5.11 Å². The van der Waals surface area contributed by atoms with E-state index in [0.29, 0.717) is 0 Å². The maximum Gasteiger partial charge on any atom is 0.0930 e. The quantitative estimate of drug-likeness (QED) is 0.912. The Kier molecular flexibility index (Phi) is 4.32. The highest BCUT2D eigenvalue weighted by Crippen LogP contribution is 2.33. The Balaban J connectivity index is 1.78. The van der Waals surface area contributed by atoms with E-state index in [-0.39, 0.29) is 0 Å². The van der Waals surface area contributed by atoms with Crippen molar-refractivity contribution in [1.82, 2.24) is 4.90 Å². The Bertz CT molecular complexity index is 597. The van der Waals surface area contributed by atoms with Gasteiger partial charge in [0.15, 0.2) is 0 Å². The lowest BCUT2D eigenvalue weighted by molar-refractivity contribution is 0.0886. The first-order chi connectivity index (χ1) is 9.63. The molecule has 3 rings (SSSR count). The predicted octanol–water partition coefficient (Wildman–Crippen LogP) is 4.32. The largest absolute Gasteiger partial charge is 0.387 e. The zero-order chi connectivity index (χ0) is 14.1. The van der Waals surface area contributed by atoms with Gasteiger partial charge in [0.2, 0.25) is 0 Å². The lowest BCUT2D eigenvalue weighted by atomic mass is 9.99. The van der Waals surface area contributed by atoms with Gasteiger partial charge in [-0.1, -0.05) is 18.5 Å². The molecule has 1 saturated heterocycles. The van der Waals surface area contributed by atoms with Crippen molar-refractivity contribution in [2.75, 3.05) is 19.6 Å². The molecule has 2 atom stereocenters. The number of benzene rings is 1. The van der Waals surface area contributed by atoms with Crippen molar-refractivity contribution in [3.05, 3.63) is 34.2 Å². The summed E-state index contributed by atoms with van der Waals surface area (Å²) in [5.41, 5.74) is 1.02. The van der Waals surface area contributed by atoms with Crippen LogP contribution in [-0.2, 0) is 0 Å². The number of aliphatic hydroxyl groups excluding tert-OH is 1. The molecule has 0 radical (unpaired) electrons. The Hall–Kier alpha value is -0.610. The van der Waals surface area contributed by atoms with E-state index in [1.54, 1.807) is 11.3 Å². The molecule has 1 fully saturated rings. The van der Waals surface area contributed by atoms with Crippen LogP contribution in [0.25, 0.3) is 10.1 Å². The second-order valence-electron chi connectivity index (χ2n) is 5.85. The fraction of sp³-hybridized carbons (Fsp3) is 0.500. The molecular weight excluding hydrogens is 290 g/mol. The molecule has 1 aliphatic rings. The third-order valence-corrected chi connectivity index (χ3v) is 5.31. The van der Waals surface area contributed by atoms with Gasteiger partial charge in [-0.25, -0.2) is 0 Å². The first-order valence-electron chi connectivity index (χ1n) is 7.20. The number of fused-ring (bicyclic) bond motifs is 1. The number of likely N-dealkylation sites (tertiary alicyclic amines) is 1. The molecule has 2 heterocycles. The number of hydrogen-bond donors (Lipinski definition) is 1. The maximum absolute atomic E-state index is 10.6. The molecule has 20 heavy (non-hydrogen) atoms. The third-order valence-electron chi connectivity index (χ3n) is 4.10. The monoisotopic (exact) mass is 309 g/mol. The van der Waals surface area contributed by atoms with Crippen LogP contribution in [0.4, 0.5) is 0 Å². The van der Waals surface area contributed by atoms with Crippen LogP contribution in [0.3, 0.4) is 0 Å². The lowest BCUT2D eigenvalue weighted by Crippen LogP contribution is -2.37.